The van der Waals surface area contributed by atoms with Crippen molar-refractivity contribution in [2.45, 2.75) is 13.5 Å². The Balaban J connectivity index is 2.43. The molecule has 0 saturated carbocycles. The van der Waals surface area contributed by atoms with Gasteiger partial charge in [0.1, 0.15) is 5.82 Å². The molecule has 2 aromatic rings. The first-order valence-electron chi connectivity index (χ1n) is 6.62. The van der Waals surface area contributed by atoms with Crippen molar-refractivity contribution in [3.63, 3.8) is 0 Å². The van der Waals surface area contributed by atoms with Crippen molar-refractivity contribution >= 4 is 27.3 Å². The summed E-state index contributed by atoms with van der Waals surface area (Å²) in [7, 11) is 1.93. The van der Waals surface area contributed by atoms with Gasteiger partial charge in [0.25, 0.3) is 0 Å². The molecular formula is C16H18BrFN2. The van der Waals surface area contributed by atoms with E-state index in [0.29, 0.717) is 0 Å². The predicted octanol–water partition coefficient (Wildman–Crippen LogP) is 4.47. The van der Waals surface area contributed by atoms with Crippen LogP contribution in [0.5, 0.6) is 0 Å². The van der Waals surface area contributed by atoms with Crippen molar-refractivity contribution < 1.29 is 4.39 Å². The molecule has 0 fully saturated rings. The van der Waals surface area contributed by atoms with Crippen LogP contribution in [0.4, 0.5) is 15.8 Å². The number of nitrogens with one attached hydrogen (secondary N) is 1. The van der Waals surface area contributed by atoms with Crippen LogP contribution in [0, 0.1) is 5.82 Å². The molecule has 0 spiro atoms. The monoisotopic (exact) mass is 336 g/mol. The van der Waals surface area contributed by atoms with Gasteiger partial charge in [0, 0.05) is 28.9 Å². The van der Waals surface area contributed by atoms with Gasteiger partial charge in [-0.1, -0.05) is 15.9 Å². The van der Waals surface area contributed by atoms with E-state index in [4.69, 9.17) is 0 Å². The largest absolute Gasteiger partial charge is 0.342 e. The molecule has 0 unspecified atom stereocenters. The van der Waals surface area contributed by atoms with E-state index in [1.54, 1.807) is 0 Å². The third-order valence-electron chi connectivity index (χ3n) is 3.15. The van der Waals surface area contributed by atoms with Crippen LogP contribution in [0.1, 0.15) is 12.5 Å². The highest BCUT2D eigenvalue weighted by Gasteiger charge is 2.12. The Morgan fingerprint density at radius 2 is 1.85 bits per heavy atom. The molecule has 4 heteroatoms. The molecule has 0 aliphatic carbocycles. The van der Waals surface area contributed by atoms with E-state index in [9.17, 15) is 4.39 Å². The summed E-state index contributed by atoms with van der Waals surface area (Å²) in [6.45, 7) is 3.70. The molecule has 1 N–H and O–H groups in total. The van der Waals surface area contributed by atoms with Crippen LogP contribution in [0.3, 0.4) is 0 Å². The minimum atomic E-state index is -0.212. The highest BCUT2D eigenvalue weighted by Crippen LogP contribution is 2.30. The Hall–Kier alpha value is -1.39. The lowest BCUT2D eigenvalue weighted by Crippen LogP contribution is -2.19. The van der Waals surface area contributed by atoms with Crippen LogP contribution in [-0.4, -0.2) is 13.6 Å². The lowest BCUT2D eigenvalue weighted by molar-refractivity contribution is 0.628. The SMILES string of the molecule is CCN(c1ccc(F)cc1)c1ccc(Br)cc1CNC. The summed E-state index contributed by atoms with van der Waals surface area (Å²) in [4.78, 5) is 2.18. The zero-order chi connectivity index (χ0) is 14.5. The molecule has 0 aliphatic heterocycles. The topological polar surface area (TPSA) is 15.3 Å². The van der Waals surface area contributed by atoms with Crippen LogP contribution in [-0.2, 0) is 6.54 Å². The first-order chi connectivity index (χ1) is 9.65. The summed E-state index contributed by atoms with van der Waals surface area (Å²) in [5.74, 6) is -0.212. The molecule has 0 aliphatic rings. The van der Waals surface area contributed by atoms with Crippen LogP contribution >= 0.6 is 15.9 Å². The zero-order valence-corrected chi connectivity index (χ0v) is 13.2. The second-order valence-corrected chi connectivity index (χ2v) is 5.44. The predicted molar refractivity (Wildman–Crippen MR) is 86.0 cm³/mol. The van der Waals surface area contributed by atoms with Gasteiger partial charge in [-0.05, 0) is 62.0 Å². The third-order valence-corrected chi connectivity index (χ3v) is 3.65. The maximum atomic E-state index is 13.1. The Morgan fingerprint density at radius 1 is 1.15 bits per heavy atom. The van der Waals surface area contributed by atoms with E-state index in [2.05, 4.69) is 45.2 Å². The average Bonchev–Trinajstić information content (AvgIpc) is 2.44. The number of anilines is 2. The molecule has 0 bridgehead atoms. The van der Waals surface area contributed by atoms with Crippen molar-refractivity contribution in [3.05, 3.63) is 58.3 Å². The molecule has 0 amide bonds. The molecule has 0 aromatic heterocycles. The summed E-state index contributed by atoms with van der Waals surface area (Å²) >= 11 is 3.51. The molecule has 20 heavy (non-hydrogen) atoms. The number of nitrogens with zero attached hydrogens (tertiary/aromatic N) is 1. The fourth-order valence-corrected chi connectivity index (χ4v) is 2.67. The molecule has 0 atom stereocenters. The van der Waals surface area contributed by atoms with Crippen LogP contribution in [0.25, 0.3) is 0 Å². The van der Waals surface area contributed by atoms with E-state index in [1.165, 1.54) is 17.7 Å². The molecule has 0 saturated heterocycles. The number of hydrogen-bond acceptors (Lipinski definition) is 2. The van der Waals surface area contributed by atoms with Crippen molar-refractivity contribution in [2.75, 3.05) is 18.5 Å². The summed E-state index contributed by atoms with van der Waals surface area (Å²) in [5, 5.41) is 3.18. The Kier molecular flexibility index (Phi) is 5.15. The van der Waals surface area contributed by atoms with E-state index in [-0.39, 0.29) is 5.82 Å². The van der Waals surface area contributed by atoms with Crippen molar-refractivity contribution in [3.8, 4) is 0 Å². The minimum absolute atomic E-state index is 0.212. The van der Waals surface area contributed by atoms with Gasteiger partial charge in [0.2, 0.25) is 0 Å². The Labute approximate surface area is 127 Å². The van der Waals surface area contributed by atoms with Gasteiger partial charge in [-0.3, -0.25) is 0 Å². The number of benzene rings is 2. The lowest BCUT2D eigenvalue weighted by atomic mass is 10.1. The van der Waals surface area contributed by atoms with Crippen molar-refractivity contribution in [2.24, 2.45) is 0 Å². The fourth-order valence-electron chi connectivity index (χ4n) is 2.26. The van der Waals surface area contributed by atoms with Crippen molar-refractivity contribution in [1.29, 1.82) is 0 Å². The normalized spacial score (nSPS) is 10.6. The third kappa shape index (κ3) is 3.38. The quantitative estimate of drug-likeness (QED) is 0.866. The first-order valence-corrected chi connectivity index (χ1v) is 7.41. The highest BCUT2D eigenvalue weighted by molar-refractivity contribution is 9.10. The second-order valence-electron chi connectivity index (χ2n) is 4.52. The minimum Gasteiger partial charge on any atom is -0.342 e. The summed E-state index contributed by atoms with van der Waals surface area (Å²) in [5.41, 5.74) is 3.33. The second kappa shape index (κ2) is 6.86. The molecule has 2 aromatic carbocycles. The molecule has 2 nitrogen and oxygen atoms in total. The Morgan fingerprint density at radius 3 is 2.45 bits per heavy atom. The number of hydrogen-bond donors (Lipinski definition) is 1. The molecule has 0 heterocycles. The van der Waals surface area contributed by atoms with Gasteiger partial charge >= 0.3 is 0 Å². The Bertz CT molecular complexity index is 569. The number of halogens is 2. The van der Waals surface area contributed by atoms with Gasteiger partial charge in [-0.25, -0.2) is 4.39 Å². The molecule has 2 rings (SSSR count). The van der Waals surface area contributed by atoms with Gasteiger partial charge in [-0.2, -0.15) is 0 Å². The zero-order valence-electron chi connectivity index (χ0n) is 11.7. The van der Waals surface area contributed by atoms with E-state index >= 15 is 0 Å². The van der Waals surface area contributed by atoms with E-state index < -0.39 is 0 Å². The molecule has 106 valence electrons. The first kappa shape index (κ1) is 15.0. The van der Waals surface area contributed by atoms with Gasteiger partial charge < -0.3 is 10.2 Å². The molecular weight excluding hydrogens is 319 g/mol. The van der Waals surface area contributed by atoms with Crippen LogP contribution < -0.4 is 10.2 Å². The smallest absolute Gasteiger partial charge is 0.123 e. The van der Waals surface area contributed by atoms with Gasteiger partial charge in [0.05, 0.1) is 0 Å². The summed E-state index contributed by atoms with van der Waals surface area (Å²) in [6.07, 6.45) is 0. The lowest BCUT2D eigenvalue weighted by Gasteiger charge is -2.26. The van der Waals surface area contributed by atoms with Crippen LogP contribution in [0.15, 0.2) is 46.9 Å². The van der Waals surface area contributed by atoms with E-state index in [1.807, 2.05) is 25.2 Å². The number of rotatable bonds is 5. The average molecular weight is 337 g/mol. The molecule has 0 radical (unpaired) electrons. The maximum absolute atomic E-state index is 13.1. The maximum Gasteiger partial charge on any atom is 0.123 e. The summed E-state index contributed by atoms with van der Waals surface area (Å²) < 4.78 is 14.1. The van der Waals surface area contributed by atoms with Crippen LogP contribution in [0.2, 0.25) is 0 Å². The van der Waals surface area contributed by atoms with E-state index in [0.717, 1.165) is 28.9 Å². The highest BCUT2D eigenvalue weighted by atomic mass is 79.9. The van der Waals surface area contributed by atoms with Gasteiger partial charge in [-0.15, -0.1) is 0 Å². The standard InChI is InChI=1S/C16H18BrFN2/c1-3-20(15-7-5-14(18)6-8-15)16-9-4-13(17)10-12(16)11-19-2/h4-10,19H,3,11H2,1-2H3. The van der Waals surface area contributed by atoms with Crippen molar-refractivity contribution in [1.82, 2.24) is 5.32 Å². The summed E-state index contributed by atoms with van der Waals surface area (Å²) in [6, 6.07) is 12.8. The van der Waals surface area contributed by atoms with Gasteiger partial charge in [0.15, 0.2) is 0 Å². The fraction of sp³-hybridized carbons (Fsp3) is 0.250.